The lowest BCUT2D eigenvalue weighted by Gasteiger charge is -2.40. The number of hydrogen-bond donors (Lipinski definition) is 1. The minimum Gasteiger partial charge on any atom is -0.489 e. The number of non-ortho nitro benzene ring substituents is 1. The topological polar surface area (TPSA) is 85.2 Å². The van der Waals surface area contributed by atoms with Crippen LogP contribution in [0, 0.1) is 27.9 Å². The van der Waals surface area contributed by atoms with E-state index in [1.54, 1.807) is 23.9 Å². The number of rotatable bonds is 5. The minimum absolute atomic E-state index is 0.0393. The molecule has 6 nitrogen and oxygen atoms in total. The number of benzene rings is 2. The van der Waals surface area contributed by atoms with Crippen LogP contribution >= 0.6 is 34.7 Å². The Labute approximate surface area is 203 Å². The number of H-pyrrole nitrogens is 1. The fraction of sp³-hybridized carbons (Fsp3) is 0.375. The summed E-state index contributed by atoms with van der Waals surface area (Å²) < 4.78 is 6.24. The van der Waals surface area contributed by atoms with Gasteiger partial charge in [0.15, 0.2) is 0 Å². The Morgan fingerprint density at radius 1 is 1.18 bits per heavy atom. The maximum atomic E-state index is 12.3. The predicted molar refractivity (Wildman–Crippen MR) is 130 cm³/mol. The standard InChI is InChI=1S/C24H21ClN2O4S2/c25-17-4-2-1-3-14(17)11-31-18-8-7-15(27(29)30)10-16(18)20-19-12-5-6-13(9-12)21(19)32-23-22(20)33-24(28)26-23/h1-4,7-8,10,12-13,19-21H,5-6,9,11H2,(H,26,28)/t12-,13+,19+,20-,21+/m1/s1. The van der Waals surface area contributed by atoms with E-state index in [0.717, 1.165) is 21.0 Å². The SMILES string of the molecule is O=c1[nH]c2c(s1)[C@H](c1cc([N+](=O)[O-])ccc1OCc1ccccc1Cl)[C@@H]1[C@@H]3CC[C@@H](C3)[C@@H]1S2. The molecule has 170 valence electrons. The molecule has 0 unspecified atom stereocenters. The molecular formula is C24H21ClN2O4S2. The van der Waals surface area contributed by atoms with Crippen LogP contribution in [0.15, 0.2) is 52.3 Å². The Bertz CT molecular complexity index is 1310. The van der Waals surface area contributed by atoms with Crippen LogP contribution < -0.4 is 9.61 Å². The fourth-order valence-electron chi connectivity index (χ4n) is 5.99. The first kappa shape index (κ1) is 21.3. The minimum atomic E-state index is -0.363. The van der Waals surface area contributed by atoms with E-state index in [2.05, 4.69) is 4.98 Å². The smallest absolute Gasteiger partial charge is 0.305 e. The lowest BCUT2D eigenvalue weighted by molar-refractivity contribution is -0.385. The van der Waals surface area contributed by atoms with Crippen LogP contribution in [0.4, 0.5) is 5.69 Å². The summed E-state index contributed by atoms with van der Waals surface area (Å²) in [5.74, 6) is 2.07. The molecule has 9 heteroatoms. The summed E-state index contributed by atoms with van der Waals surface area (Å²) in [5, 5.41) is 13.6. The maximum absolute atomic E-state index is 12.3. The number of fused-ring (bicyclic) bond motifs is 6. The van der Waals surface area contributed by atoms with E-state index in [1.807, 2.05) is 24.3 Å². The average Bonchev–Trinajstić information content (AvgIpc) is 3.51. The Hall–Kier alpha value is -2.29. The molecule has 1 aromatic heterocycles. The van der Waals surface area contributed by atoms with Crippen LogP contribution in [-0.4, -0.2) is 15.2 Å². The van der Waals surface area contributed by atoms with Crippen LogP contribution in [0.1, 0.15) is 41.2 Å². The van der Waals surface area contributed by atoms with Gasteiger partial charge in [0.05, 0.1) is 9.95 Å². The van der Waals surface area contributed by atoms with Crippen molar-refractivity contribution in [3.05, 3.63) is 83.3 Å². The second kappa shape index (κ2) is 8.18. The van der Waals surface area contributed by atoms with Crippen LogP contribution in [-0.2, 0) is 6.61 Å². The zero-order valence-electron chi connectivity index (χ0n) is 17.5. The Morgan fingerprint density at radius 2 is 2.00 bits per heavy atom. The normalized spacial score (nSPS) is 27.2. The van der Waals surface area contributed by atoms with Crippen molar-refractivity contribution in [2.24, 2.45) is 17.8 Å². The molecule has 0 amide bonds. The number of ether oxygens (including phenoxy) is 1. The zero-order chi connectivity index (χ0) is 22.7. The molecule has 2 fully saturated rings. The van der Waals surface area contributed by atoms with Crippen molar-refractivity contribution in [2.75, 3.05) is 0 Å². The Kier molecular flexibility index (Phi) is 5.27. The van der Waals surface area contributed by atoms with Crippen LogP contribution in [0.2, 0.25) is 5.02 Å². The van der Waals surface area contributed by atoms with Crippen molar-refractivity contribution in [1.29, 1.82) is 0 Å². The van der Waals surface area contributed by atoms with E-state index in [0.29, 0.717) is 33.8 Å². The van der Waals surface area contributed by atoms with Gasteiger partial charge in [0.25, 0.3) is 5.69 Å². The number of thioether (sulfide) groups is 1. The highest BCUT2D eigenvalue weighted by Gasteiger charge is 2.55. The van der Waals surface area contributed by atoms with Gasteiger partial charge in [0.1, 0.15) is 12.4 Å². The predicted octanol–water partition coefficient (Wildman–Crippen LogP) is 6.23. The van der Waals surface area contributed by atoms with Gasteiger partial charge in [0.2, 0.25) is 0 Å². The number of thiazole rings is 1. The Morgan fingerprint density at radius 3 is 2.82 bits per heavy atom. The lowest BCUT2D eigenvalue weighted by Crippen LogP contribution is -2.33. The summed E-state index contributed by atoms with van der Waals surface area (Å²) in [6.45, 7) is 0.266. The molecule has 3 aromatic rings. The third-order valence-electron chi connectivity index (χ3n) is 7.35. The van der Waals surface area contributed by atoms with E-state index in [1.165, 1.54) is 36.7 Å². The van der Waals surface area contributed by atoms with Crippen molar-refractivity contribution < 1.29 is 9.66 Å². The molecule has 0 saturated heterocycles. The number of nitrogens with zero attached hydrogens (tertiary/aromatic N) is 1. The van der Waals surface area contributed by atoms with Gasteiger partial charge in [-0.1, -0.05) is 41.1 Å². The summed E-state index contributed by atoms with van der Waals surface area (Å²) in [5.41, 5.74) is 1.69. The molecule has 3 aliphatic rings. The van der Waals surface area contributed by atoms with Gasteiger partial charge in [-0.05, 0) is 49.1 Å². The molecule has 33 heavy (non-hydrogen) atoms. The molecule has 1 N–H and O–H groups in total. The summed E-state index contributed by atoms with van der Waals surface area (Å²) in [6.07, 6.45) is 3.60. The summed E-state index contributed by atoms with van der Waals surface area (Å²) in [7, 11) is 0. The number of aromatic nitrogens is 1. The number of nitrogens with one attached hydrogen (secondary N) is 1. The van der Waals surface area contributed by atoms with E-state index in [4.69, 9.17) is 16.3 Å². The van der Waals surface area contributed by atoms with E-state index >= 15 is 0 Å². The second-order valence-electron chi connectivity index (χ2n) is 9.04. The van der Waals surface area contributed by atoms with E-state index < -0.39 is 0 Å². The first-order valence-electron chi connectivity index (χ1n) is 11.0. The lowest BCUT2D eigenvalue weighted by atomic mass is 9.74. The van der Waals surface area contributed by atoms with Crippen molar-refractivity contribution in [3.8, 4) is 5.75 Å². The third-order valence-corrected chi connectivity index (χ3v) is 10.3. The molecule has 2 bridgehead atoms. The third kappa shape index (κ3) is 3.59. The molecule has 2 saturated carbocycles. The highest BCUT2D eigenvalue weighted by molar-refractivity contribution is 8.00. The van der Waals surface area contributed by atoms with Crippen molar-refractivity contribution in [3.63, 3.8) is 0 Å². The maximum Gasteiger partial charge on any atom is 0.305 e. The van der Waals surface area contributed by atoms with Crippen LogP contribution in [0.5, 0.6) is 5.75 Å². The summed E-state index contributed by atoms with van der Waals surface area (Å²) in [4.78, 5) is 27.6. The number of halogens is 1. The van der Waals surface area contributed by atoms with Gasteiger partial charge in [0, 0.05) is 44.3 Å². The zero-order valence-corrected chi connectivity index (χ0v) is 19.9. The van der Waals surface area contributed by atoms with E-state index in [9.17, 15) is 14.9 Å². The number of nitro groups is 1. The monoisotopic (exact) mass is 500 g/mol. The molecule has 6 rings (SSSR count). The molecule has 5 atom stereocenters. The van der Waals surface area contributed by atoms with Crippen molar-refractivity contribution >= 4 is 40.4 Å². The average molecular weight is 501 g/mol. The van der Waals surface area contributed by atoms with Gasteiger partial charge < -0.3 is 9.72 Å². The van der Waals surface area contributed by atoms with Crippen LogP contribution in [0.3, 0.4) is 0 Å². The van der Waals surface area contributed by atoms with Crippen molar-refractivity contribution in [2.45, 2.75) is 42.1 Å². The molecule has 0 radical (unpaired) electrons. The largest absolute Gasteiger partial charge is 0.489 e. The number of nitro benzene ring substituents is 1. The van der Waals surface area contributed by atoms with Gasteiger partial charge in [-0.3, -0.25) is 14.9 Å². The molecule has 2 aromatic carbocycles. The molecule has 2 aliphatic carbocycles. The van der Waals surface area contributed by atoms with Gasteiger partial charge in [-0.15, -0.1) is 11.8 Å². The molecule has 1 aliphatic heterocycles. The number of aromatic amines is 1. The van der Waals surface area contributed by atoms with Gasteiger partial charge >= 0.3 is 4.87 Å². The van der Waals surface area contributed by atoms with Crippen molar-refractivity contribution in [1.82, 2.24) is 4.98 Å². The first-order valence-corrected chi connectivity index (χ1v) is 13.1. The number of hydrogen-bond acceptors (Lipinski definition) is 6. The Balaban J connectivity index is 1.46. The van der Waals surface area contributed by atoms with Gasteiger partial charge in [-0.25, -0.2) is 0 Å². The second-order valence-corrected chi connectivity index (χ2v) is 11.6. The van der Waals surface area contributed by atoms with Crippen LogP contribution in [0.25, 0.3) is 0 Å². The highest BCUT2D eigenvalue weighted by atomic mass is 35.5. The van der Waals surface area contributed by atoms with E-state index in [-0.39, 0.29) is 28.0 Å². The summed E-state index contributed by atoms with van der Waals surface area (Å²) >= 11 is 9.35. The molecular weight excluding hydrogens is 480 g/mol. The quantitative estimate of drug-likeness (QED) is 0.331. The summed E-state index contributed by atoms with van der Waals surface area (Å²) in [6, 6.07) is 12.3. The fourth-order valence-corrected chi connectivity index (χ4v) is 9.07. The first-order chi connectivity index (χ1) is 16.0. The van der Waals surface area contributed by atoms with Gasteiger partial charge in [-0.2, -0.15) is 0 Å². The molecule has 0 spiro atoms. The molecule has 2 heterocycles. The highest BCUT2D eigenvalue weighted by Crippen LogP contribution is 2.64.